The molecule has 0 saturated carbocycles. The summed E-state index contributed by atoms with van der Waals surface area (Å²) in [5.74, 6) is -0.486. The second-order valence-corrected chi connectivity index (χ2v) is 6.46. The summed E-state index contributed by atoms with van der Waals surface area (Å²) in [7, 11) is 0. The molecule has 0 aromatic carbocycles. The summed E-state index contributed by atoms with van der Waals surface area (Å²) in [6.45, 7) is 2.80. The number of hydrogen-bond acceptors (Lipinski definition) is 3. The first-order chi connectivity index (χ1) is 10.1. The maximum absolute atomic E-state index is 12.8. The van der Waals surface area contributed by atoms with Gasteiger partial charge >= 0.3 is 12.0 Å². The summed E-state index contributed by atoms with van der Waals surface area (Å²) in [5, 5.41) is 8.97. The Morgan fingerprint density at radius 3 is 2.48 bits per heavy atom. The Morgan fingerprint density at radius 1 is 1.10 bits per heavy atom. The van der Waals surface area contributed by atoms with Gasteiger partial charge in [0, 0.05) is 38.2 Å². The molecule has 0 aromatic heterocycles. The highest BCUT2D eigenvalue weighted by Crippen LogP contribution is 2.40. The molecule has 3 aliphatic heterocycles. The van der Waals surface area contributed by atoms with Gasteiger partial charge in [-0.05, 0) is 38.0 Å². The zero-order valence-electron chi connectivity index (χ0n) is 12.4. The third-order valence-corrected chi connectivity index (χ3v) is 5.01. The van der Waals surface area contributed by atoms with Crippen molar-refractivity contribution < 1.29 is 19.4 Å². The van der Waals surface area contributed by atoms with Crippen LogP contribution in [0, 0.1) is 5.92 Å². The highest BCUT2D eigenvalue weighted by Gasteiger charge is 2.44. The number of aliphatic carboxylic acids is 1. The molecule has 2 unspecified atom stereocenters. The molecule has 0 spiro atoms. The van der Waals surface area contributed by atoms with E-state index in [1.165, 1.54) is 0 Å². The number of rotatable bonds is 2. The minimum Gasteiger partial charge on any atom is -0.481 e. The summed E-state index contributed by atoms with van der Waals surface area (Å²) in [5.41, 5.74) is 0. The van der Waals surface area contributed by atoms with Gasteiger partial charge in [0.15, 0.2) is 0 Å². The topological polar surface area (TPSA) is 70.1 Å². The molecule has 118 valence electrons. The van der Waals surface area contributed by atoms with Gasteiger partial charge in [0.25, 0.3) is 0 Å². The van der Waals surface area contributed by atoms with Crippen LogP contribution in [0.1, 0.15) is 38.5 Å². The van der Waals surface area contributed by atoms with E-state index in [2.05, 4.69) is 0 Å². The number of ether oxygens (including phenoxy) is 1. The van der Waals surface area contributed by atoms with Crippen LogP contribution in [0.3, 0.4) is 0 Å². The van der Waals surface area contributed by atoms with Gasteiger partial charge in [-0.1, -0.05) is 0 Å². The van der Waals surface area contributed by atoms with Crippen LogP contribution in [0.4, 0.5) is 4.79 Å². The van der Waals surface area contributed by atoms with Crippen LogP contribution < -0.4 is 0 Å². The molecule has 3 heterocycles. The largest absolute Gasteiger partial charge is 0.481 e. The van der Waals surface area contributed by atoms with Crippen LogP contribution in [0.15, 0.2) is 0 Å². The lowest BCUT2D eigenvalue weighted by atomic mass is 9.88. The van der Waals surface area contributed by atoms with E-state index in [0.29, 0.717) is 13.2 Å². The van der Waals surface area contributed by atoms with Crippen molar-refractivity contribution in [1.29, 1.82) is 0 Å². The van der Waals surface area contributed by atoms with Crippen LogP contribution in [-0.2, 0) is 9.53 Å². The van der Waals surface area contributed by atoms with Crippen molar-refractivity contribution in [2.75, 3.05) is 26.3 Å². The van der Waals surface area contributed by atoms with Gasteiger partial charge in [0.05, 0.1) is 6.61 Å². The lowest BCUT2D eigenvalue weighted by molar-refractivity contribution is -0.138. The number of hydrogen-bond donors (Lipinski definition) is 1. The summed E-state index contributed by atoms with van der Waals surface area (Å²) >= 11 is 0. The molecule has 3 rings (SSSR count). The molecular formula is C15H24N2O4. The highest BCUT2D eigenvalue weighted by molar-refractivity contribution is 5.76. The first-order valence-electron chi connectivity index (χ1n) is 8.02. The van der Waals surface area contributed by atoms with Crippen LogP contribution >= 0.6 is 0 Å². The molecule has 3 saturated heterocycles. The Kier molecular flexibility index (Phi) is 4.33. The quantitative estimate of drug-likeness (QED) is 0.839. The molecule has 3 fully saturated rings. The first kappa shape index (κ1) is 14.6. The zero-order chi connectivity index (χ0) is 14.8. The van der Waals surface area contributed by atoms with Crippen LogP contribution in [-0.4, -0.2) is 65.3 Å². The Labute approximate surface area is 125 Å². The van der Waals surface area contributed by atoms with Crippen molar-refractivity contribution >= 4 is 12.0 Å². The van der Waals surface area contributed by atoms with Crippen LogP contribution in [0.5, 0.6) is 0 Å². The van der Waals surface area contributed by atoms with E-state index in [1.807, 2.05) is 9.80 Å². The lowest BCUT2D eigenvalue weighted by Gasteiger charge is -2.41. The molecule has 2 atom stereocenters. The van der Waals surface area contributed by atoms with Gasteiger partial charge in [-0.25, -0.2) is 4.79 Å². The third kappa shape index (κ3) is 3.15. The summed E-state index contributed by atoms with van der Waals surface area (Å²) in [6, 6.07) is 0.622. The number of carboxylic acids is 1. The second-order valence-electron chi connectivity index (χ2n) is 6.46. The van der Waals surface area contributed by atoms with Crippen LogP contribution in [0.2, 0.25) is 0 Å². The van der Waals surface area contributed by atoms with Crippen molar-refractivity contribution in [3.05, 3.63) is 0 Å². The number of carbonyl (C=O) groups is 2. The fourth-order valence-electron chi connectivity index (χ4n) is 4.12. The van der Waals surface area contributed by atoms with Gasteiger partial charge in [0.2, 0.25) is 0 Å². The maximum Gasteiger partial charge on any atom is 0.320 e. The molecule has 3 aliphatic rings. The second kappa shape index (κ2) is 6.22. The zero-order valence-corrected chi connectivity index (χ0v) is 12.4. The number of amides is 2. The predicted octanol–water partition coefficient (Wildman–Crippen LogP) is 1.55. The van der Waals surface area contributed by atoms with E-state index in [1.54, 1.807) is 0 Å². The number of urea groups is 1. The summed E-state index contributed by atoms with van der Waals surface area (Å²) < 4.78 is 5.41. The fraction of sp³-hybridized carbons (Fsp3) is 0.867. The van der Waals surface area contributed by atoms with E-state index < -0.39 is 5.97 Å². The molecule has 1 N–H and O–H groups in total. The average molecular weight is 296 g/mol. The Balaban J connectivity index is 1.64. The van der Waals surface area contributed by atoms with Gasteiger partial charge < -0.3 is 19.6 Å². The van der Waals surface area contributed by atoms with Crippen molar-refractivity contribution in [2.24, 2.45) is 5.92 Å². The molecule has 0 radical (unpaired) electrons. The molecule has 2 amide bonds. The van der Waals surface area contributed by atoms with Crippen molar-refractivity contribution in [3.8, 4) is 0 Å². The lowest BCUT2D eigenvalue weighted by Crippen LogP contribution is -2.52. The van der Waals surface area contributed by atoms with Crippen molar-refractivity contribution in [1.82, 2.24) is 9.80 Å². The molecule has 21 heavy (non-hydrogen) atoms. The fourth-order valence-corrected chi connectivity index (χ4v) is 4.12. The number of carbonyl (C=O) groups excluding carboxylic acids is 1. The van der Waals surface area contributed by atoms with E-state index >= 15 is 0 Å². The van der Waals surface area contributed by atoms with Crippen molar-refractivity contribution in [3.63, 3.8) is 0 Å². The standard InChI is InChI=1S/C15H24N2O4/c18-14(19)10-11-8-12-2-3-13(9-11)17(12)15(20)16-4-1-6-21-7-5-16/h11-13H,1-10H2,(H,18,19). The number of piperidine rings is 1. The molecule has 0 aromatic rings. The Bertz CT molecular complexity index is 392. The average Bonchev–Trinajstić information content (AvgIpc) is 2.65. The maximum atomic E-state index is 12.8. The number of carboxylic acid groups (broad SMARTS) is 1. The number of nitrogens with zero attached hydrogens (tertiary/aromatic N) is 2. The Hall–Kier alpha value is -1.30. The molecular weight excluding hydrogens is 272 g/mol. The van der Waals surface area contributed by atoms with E-state index in [9.17, 15) is 9.59 Å². The highest BCUT2D eigenvalue weighted by atomic mass is 16.5. The first-order valence-corrected chi connectivity index (χ1v) is 8.02. The van der Waals surface area contributed by atoms with Gasteiger partial charge in [0.1, 0.15) is 0 Å². The van der Waals surface area contributed by atoms with E-state index in [-0.39, 0.29) is 30.5 Å². The SMILES string of the molecule is O=C(O)CC1CC2CCC(C1)N2C(=O)N1CCCOCC1. The number of fused-ring (bicyclic) bond motifs is 2. The normalized spacial score (nSPS) is 32.9. The smallest absolute Gasteiger partial charge is 0.320 e. The molecule has 0 aliphatic carbocycles. The molecule has 2 bridgehead atoms. The third-order valence-electron chi connectivity index (χ3n) is 5.01. The van der Waals surface area contributed by atoms with E-state index in [0.717, 1.165) is 45.3 Å². The van der Waals surface area contributed by atoms with Gasteiger partial charge in [-0.3, -0.25) is 4.79 Å². The van der Waals surface area contributed by atoms with E-state index in [4.69, 9.17) is 9.84 Å². The monoisotopic (exact) mass is 296 g/mol. The minimum absolute atomic E-state index is 0.141. The molecule has 6 heteroatoms. The minimum atomic E-state index is -0.719. The van der Waals surface area contributed by atoms with Crippen molar-refractivity contribution in [2.45, 2.75) is 50.6 Å². The van der Waals surface area contributed by atoms with Crippen LogP contribution in [0.25, 0.3) is 0 Å². The summed E-state index contributed by atoms with van der Waals surface area (Å²) in [4.78, 5) is 27.6. The predicted molar refractivity (Wildman–Crippen MR) is 76.0 cm³/mol. The molecule has 6 nitrogen and oxygen atoms in total. The van der Waals surface area contributed by atoms with Gasteiger partial charge in [-0.2, -0.15) is 0 Å². The van der Waals surface area contributed by atoms with Gasteiger partial charge in [-0.15, -0.1) is 0 Å². The Morgan fingerprint density at radius 2 is 1.81 bits per heavy atom. The summed E-state index contributed by atoms with van der Waals surface area (Å²) in [6.07, 6.45) is 4.88.